The van der Waals surface area contributed by atoms with Crippen LogP contribution in [-0.2, 0) is 9.59 Å². The van der Waals surface area contributed by atoms with Crippen molar-refractivity contribution in [1.29, 1.82) is 0 Å². The second-order valence-corrected chi connectivity index (χ2v) is 6.86. The highest BCUT2D eigenvalue weighted by Gasteiger charge is 2.32. The van der Waals surface area contributed by atoms with Crippen LogP contribution in [0.1, 0.15) is 50.0 Å². The van der Waals surface area contributed by atoms with Crippen molar-refractivity contribution in [3.05, 3.63) is 17.7 Å². The maximum atomic E-state index is 12.8. The summed E-state index contributed by atoms with van der Waals surface area (Å²) in [5.74, 6) is 1.77. The van der Waals surface area contributed by atoms with E-state index in [0.29, 0.717) is 19.0 Å². The Labute approximate surface area is 137 Å². The molecule has 0 bridgehead atoms. The molecule has 0 aliphatic carbocycles. The van der Waals surface area contributed by atoms with E-state index in [0.717, 1.165) is 50.3 Å². The highest BCUT2D eigenvalue weighted by molar-refractivity contribution is 5.80. The lowest BCUT2D eigenvalue weighted by molar-refractivity contribution is -0.141. The van der Waals surface area contributed by atoms with Gasteiger partial charge in [-0.25, -0.2) is 4.98 Å². The summed E-state index contributed by atoms with van der Waals surface area (Å²) in [6.45, 7) is 6.63. The van der Waals surface area contributed by atoms with Crippen molar-refractivity contribution < 1.29 is 9.59 Å². The zero-order chi connectivity index (χ0) is 16.4. The number of aromatic nitrogens is 2. The number of rotatable bonds is 2. The zero-order valence-corrected chi connectivity index (χ0v) is 14.0. The Hall–Kier alpha value is -1.85. The maximum Gasteiger partial charge on any atom is 0.225 e. The molecule has 0 unspecified atom stereocenters. The molecule has 0 saturated carbocycles. The molecular weight excluding hydrogens is 292 g/mol. The first-order valence-corrected chi connectivity index (χ1v) is 8.60. The number of likely N-dealkylation sites (tertiary alicyclic amines) is 2. The van der Waals surface area contributed by atoms with E-state index in [2.05, 4.69) is 9.97 Å². The standard InChI is InChI=1S/C17H26N4O2/c1-12-10-18-16(19-12)15-4-3-7-21(11-15)17(23)14-5-8-20(9-6-14)13(2)22/h10,14-15H,3-9,11H2,1-2H3,(H,18,19)/t15-/m0/s1. The summed E-state index contributed by atoms with van der Waals surface area (Å²) in [5, 5.41) is 0. The van der Waals surface area contributed by atoms with Gasteiger partial charge in [-0.05, 0) is 32.6 Å². The Kier molecular flexibility index (Phi) is 4.68. The van der Waals surface area contributed by atoms with Crippen LogP contribution in [0.25, 0.3) is 0 Å². The number of hydrogen-bond acceptors (Lipinski definition) is 3. The summed E-state index contributed by atoms with van der Waals surface area (Å²) in [4.78, 5) is 35.8. The first-order chi connectivity index (χ1) is 11.0. The van der Waals surface area contributed by atoms with Gasteiger partial charge in [-0.1, -0.05) is 0 Å². The van der Waals surface area contributed by atoms with Crippen LogP contribution in [-0.4, -0.2) is 57.8 Å². The van der Waals surface area contributed by atoms with Gasteiger partial charge in [-0.15, -0.1) is 0 Å². The zero-order valence-electron chi connectivity index (χ0n) is 14.0. The summed E-state index contributed by atoms with van der Waals surface area (Å²) in [7, 11) is 0. The summed E-state index contributed by atoms with van der Waals surface area (Å²) in [6, 6.07) is 0. The number of aromatic amines is 1. The van der Waals surface area contributed by atoms with Gasteiger partial charge in [0.25, 0.3) is 0 Å². The molecule has 6 nitrogen and oxygen atoms in total. The molecule has 23 heavy (non-hydrogen) atoms. The summed E-state index contributed by atoms with van der Waals surface area (Å²) in [6.07, 6.45) is 5.55. The average Bonchev–Trinajstić information content (AvgIpc) is 3.01. The van der Waals surface area contributed by atoms with Gasteiger partial charge in [-0.3, -0.25) is 9.59 Å². The van der Waals surface area contributed by atoms with Crippen LogP contribution in [0.2, 0.25) is 0 Å². The Bertz CT molecular complexity index is 575. The molecule has 3 heterocycles. The van der Waals surface area contributed by atoms with Gasteiger partial charge in [0.1, 0.15) is 5.82 Å². The number of amides is 2. The van der Waals surface area contributed by atoms with Crippen molar-refractivity contribution in [2.75, 3.05) is 26.2 Å². The van der Waals surface area contributed by atoms with E-state index in [1.165, 1.54) is 0 Å². The van der Waals surface area contributed by atoms with Gasteiger partial charge in [-0.2, -0.15) is 0 Å². The molecular formula is C17H26N4O2. The minimum atomic E-state index is 0.0719. The molecule has 2 amide bonds. The molecule has 2 saturated heterocycles. The minimum absolute atomic E-state index is 0.0719. The van der Waals surface area contributed by atoms with Gasteiger partial charge < -0.3 is 14.8 Å². The third-order valence-corrected chi connectivity index (χ3v) is 5.13. The fourth-order valence-corrected chi connectivity index (χ4v) is 3.74. The number of carbonyl (C=O) groups is 2. The van der Waals surface area contributed by atoms with Crippen LogP contribution in [0, 0.1) is 12.8 Å². The minimum Gasteiger partial charge on any atom is -0.346 e. The largest absolute Gasteiger partial charge is 0.346 e. The van der Waals surface area contributed by atoms with Crippen LogP contribution in [0.4, 0.5) is 0 Å². The highest BCUT2D eigenvalue weighted by Crippen LogP contribution is 2.28. The smallest absolute Gasteiger partial charge is 0.225 e. The highest BCUT2D eigenvalue weighted by atomic mass is 16.2. The van der Waals surface area contributed by atoms with Crippen LogP contribution in [0.5, 0.6) is 0 Å². The normalized spacial score (nSPS) is 23.1. The lowest BCUT2D eigenvalue weighted by Gasteiger charge is -2.37. The van der Waals surface area contributed by atoms with Gasteiger partial charge >= 0.3 is 0 Å². The van der Waals surface area contributed by atoms with Gasteiger partial charge in [0.05, 0.1) is 0 Å². The molecule has 1 atom stereocenters. The van der Waals surface area contributed by atoms with Crippen LogP contribution < -0.4 is 0 Å². The van der Waals surface area contributed by atoms with E-state index in [4.69, 9.17) is 0 Å². The maximum absolute atomic E-state index is 12.8. The second-order valence-electron chi connectivity index (χ2n) is 6.86. The molecule has 3 rings (SSSR count). The molecule has 2 fully saturated rings. The van der Waals surface area contributed by atoms with E-state index in [1.807, 2.05) is 22.9 Å². The van der Waals surface area contributed by atoms with Crippen molar-refractivity contribution in [2.45, 2.75) is 45.4 Å². The fourth-order valence-electron chi connectivity index (χ4n) is 3.74. The number of imidazole rings is 1. The Morgan fingerprint density at radius 3 is 2.52 bits per heavy atom. The van der Waals surface area contributed by atoms with Crippen molar-refractivity contribution in [3.8, 4) is 0 Å². The number of nitrogens with one attached hydrogen (secondary N) is 1. The van der Waals surface area contributed by atoms with Gasteiger partial charge in [0.2, 0.25) is 11.8 Å². The Morgan fingerprint density at radius 2 is 1.91 bits per heavy atom. The Morgan fingerprint density at radius 1 is 1.17 bits per heavy atom. The van der Waals surface area contributed by atoms with Crippen molar-refractivity contribution >= 4 is 11.8 Å². The molecule has 2 aliphatic rings. The molecule has 0 spiro atoms. The van der Waals surface area contributed by atoms with E-state index in [9.17, 15) is 9.59 Å². The monoisotopic (exact) mass is 318 g/mol. The molecule has 6 heteroatoms. The molecule has 0 aromatic carbocycles. The van der Waals surface area contributed by atoms with E-state index < -0.39 is 0 Å². The molecule has 2 aliphatic heterocycles. The van der Waals surface area contributed by atoms with E-state index in [1.54, 1.807) is 6.92 Å². The van der Waals surface area contributed by atoms with Crippen LogP contribution >= 0.6 is 0 Å². The number of piperidine rings is 2. The molecule has 1 aromatic rings. The third kappa shape index (κ3) is 3.57. The predicted molar refractivity (Wildman–Crippen MR) is 86.9 cm³/mol. The second kappa shape index (κ2) is 6.72. The fraction of sp³-hybridized carbons (Fsp3) is 0.706. The van der Waals surface area contributed by atoms with Crippen molar-refractivity contribution in [2.24, 2.45) is 5.92 Å². The van der Waals surface area contributed by atoms with Gasteiger partial charge in [0.15, 0.2) is 0 Å². The predicted octanol–water partition coefficient (Wildman–Crippen LogP) is 1.68. The number of nitrogens with zero attached hydrogens (tertiary/aromatic N) is 3. The molecule has 1 aromatic heterocycles. The SMILES string of the molecule is CC(=O)N1CCC(C(=O)N2CCC[C@H](c3ncc(C)[nH]3)C2)CC1. The molecule has 126 valence electrons. The first-order valence-electron chi connectivity index (χ1n) is 8.60. The van der Waals surface area contributed by atoms with Crippen molar-refractivity contribution in [1.82, 2.24) is 19.8 Å². The van der Waals surface area contributed by atoms with E-state index in [-0.39, 0.29) is 17.7 Å². The lowest BCUT2D eigenvalue weighted by atomic mass is 9.92. The first kappa shape index (κ1) is 16.0. The van der Waals surface area contributed by atoms with Crippen molar-refractivity contribution in [3.63, 3.8) is 0 Å². The summed E-state index contributed by atoms with van der Waals surface area (Å²) >= 11 is 0. The molecule has 0 radical (unpaired) electrons. The number of H-pyrrole nitrogens is 1. The third-order valence-electron chi connectivity index (χ3n) is 5.13. The quantitative estimate of drug-likeness (QED) is 0.902. The number of hydrogen-bond donors (Lipinski definition) is 1. The Balaban J connectivity index is 1.58. The average molecular weight is 318 g/mol. The van der Waals surface area contributed by atoms with Gasteiger partial charge in [0, 0.05) is 56.8 Å². The van der Waals surface area contributed by atoms with Crippen LogP contribution in [0.15, 0.2) is 6.20 Å². The summed E-state index contributed by atoms with van der Waals surface area (Å²) < 4.78 is 0. The lowest BCUT2D eigenvalue weighted by Crippen LogP contribution is -2.46. The summed E-state index contributed by atoms with van der Waals surface area (Å²) in [5.41, 5.74) is 1.07. The molecule has 1 N–H and O–H groups in total. The number of carbonyl (C=O) groups excluding carboxylic acids is 2. The number of aryl methyl sites for hydroxylation is 1. The topological polar surface area (TPSA) is 69.3 Å². The van der Waals surface area contributed by atoms with E-state index >= 15 is 0 Å². The van der Waals surface area contributed by atoms with Crippen LogP contribution in [0.3, 0.4) is 0 Å².